The summed E-state index contributed by atoms with van der Waals surface area (Å²) < 4.78 is 6.80. The molecule has 4 rings (SSSR count). The van der Waals surface area contributed by atoms with Crippen LogP contribution in [-0.4, -0.2) is 46.1 Å². The second-order valence-electron chi connectivity index (χ2n) is 6.61. The van der Waals surface area contributed by atoms with Crippen LogP contribution in [0.1, 0.15) is 41.3 Å². The molecule has 0 spiro atoms. The Morgan fingerprint density at radius 1 is 1.04 bits per heavy atom. The van der Waals surface area contributed by atoms with E-state index in [-0.39, 0.29) is 12.1 Å². The molecule has 2 heterocycles. The van der Waals surface area contributed by atoms with Crippen LogP contribution < -0.4 is 0 Å². The van der Waals surface area contributed by atoms with E-state index in [1.807, 2.05) is 47.1 Å². The molecular formula is C20H22N4O2. The summed E-state index contributed by atoms with van der Waals surface area (Å²) in [5.41, 5.74) is 3.55. The van der Waals surface area contributed by atoms with E-state index in [1.54, 1.807) is 0 Å². The number of benzene rings is 2. The number of hydrogen-bond donors (Lipinski definition) is 0. The van der Waals surface area contributed by atoms with Gasteiger partial charge in [-0.2, -0.15) is 0 Å². The molecule has 2 aromatic carbocycles. The predicted molar refractivity (Wildman–Crippen MR) is 98.9 cm³/mol. The van der Waals surface area contributed by atoms with Crippen molar-refractivity contribution in [2.45, 2.75) is 25.4 Å². The van der Waals surface area contributed by atoms with E-state index < -0.39 is 0 Å². The molecule has 0 radical (unpaired) electrons. The van der Waals surface area contributed by atoms with Crippen LogP contribution in [0.15, 0.2) is 48.5 Å². The number of esters is 1. The van der Waals surface area contributed by atoms with E-state index in [2.05, 4.69) is 21.3 Å². The van der Waals surface area contributed by atoms with Crippen LogP contribution >= 0.6 is 0 Å². The van der Waals surface area contributed by atoms with Gasteiger partial charge in [-0.25, -0.2) is 9.48 Å². The lowest BCUT2D eigenvalue weighted by atomic mass is 10.0. The van der Waals surface area contributed by atoms with Crippen molar-refractivity contribution < 1.29 is 9.53 Å². The lowest BCUT2D eigenvalue weighted by Crippen LogP contribution is -2.38. The van der Waals surface area contributed by atoms with Crippen LogP contribution in [0.5, 0.6) is 0 Å². The largest absolute Gasteiger partial charge is 0.465 e. The van der Waals surface area contributed by atoms with Crippen LogP contribution in [0, 0.1) is 0 Å². The molecule has 1 atom stereocenters. The van der Waals surface area contributed by atoms with Gasteiger partial charge in [0.25, 0.3) is 0 Å². The lowest BCUT2D eigenvalue weighted by molar-refractivity contribution is 0.0600. The van der Waals surface area contributed by atoms with Gasteiger partial charge >= 0.3 is 5.97 Å². The molecule has 0 aliphatic carbocycles. The highest BCUT2D eigenvalue weighted by atomic mass is 16.5. The van der Waals surface area contributed by atoms with E-state index in [9.17, 15) is 4.79 Å². The first-order valence-electron chi connectivity index (χ1n) is 9.00. The Labute approximate surface area is 152 Å². The van der Waals surface area contributed by atoms with Crippen LogP contribution in [0.25, 0.3) is 11.0 Å². The fourth-order valence-electron chi connectivity index (χ4n) is 3.65. The summed E-state index contributed by atoms with van der Waals surface area (Å²) in [4.78, 5) is 14.2. The van der Waals surface area contributed by atoms with Gasteiger partial charge in [-0.1, -0.05) is 35.9 Å². The third-order valence-corrected chi connectivity index (χ3v) is 4.98. The summed E-state index contributed by atoms with van der Waals surface area (Å²) >= 11 is 0. The molecule has 26 heavy (non-hydrogen) atoms. The minimum Gasteiger partial charge on any atom is -0.465 e. The number of piperidine rings is 1. The third-order valence-electron chi connectivity index (χ3n) is 4.98. The first-order chi connectivity index (χ1) is 12.8. The molecule has 0 bridgehead atoms. The van der Waals surface area contributed by atoms with Crippen LogP contribution in [0.4, 0.5) is 0 Å². The standard InChI is InChI=1S/C20H22N4O2/c1-26-20(25)16-11-9-15(10-12-16)19(23-13-5-2-6-14-23)24-18-8-4-3-7-17(18)21-22-24/h3-4,7-12,19H,2,5-6,13-14H2,1H3. The summed E-state index contributed by atoms with van der Waals surface area (Å²) in [7, 11) is 1.40. The number of nitrogens with zero attached hydrogens (tertiary/aromatic N) is 4. The highest BCUT2D eigenvalue weighted by molar-refractivity contribution is 5.89. The van der Waals surface area contributed by atoms with Crippen molar-refractivity contribution >= 4 is 17.0 Å². The number of likely N-dealkylation sites (tertiary alicyclic amines) is 1. The van der Waals surface area contributed by atoms with Gasteiger partial charge in [0, 0.05) is 13.1 Å². The van der Waals surface area contributed by atoms with Crippen molar-refractivity contribution in [2.24, 2.45) is 0 Å². The van der Waals surface area contributed by atoms with E-state index >= 15 is 0 Å². The van der Waals surface area contributed by atoms with Crippen molar-refractivity contribution in [1.29, 1.82) is 0 Å². The van der Waals surface area contributed by atoms with Crippen LogP contribution in [0.2, 0.25) is 0 Å². The van der Waals surface area contributed by atoms with Crippen molar-refractivity contribution in [1.82, 2.24) is 19.9 Å². The normalized spacial score (nSPS) is 16.5. The molecule has 134 valence electrons. The van der Waals surface area contributed by atoms with Gasteiger partial charge in [-0.05, 0) is 42.7 Å². The molecule has 0 saturated carbocycles. The molecule has 0 N–H and O–H groups in total. The Kier molecular flexibility index (Phi) is 4.67. The highest BCUT2D eigenvalue weighted by Crippen LogP contribution is 2.28. The minimum absolute atomic E-state index is 0.0330. The average Bonchev–Trinajstić information content (AvgIpc) is 3.13. The molecule has 1 aromatic heterocycles. The molecule has 1 fully saturated rings. The fourth-order valence-corrected chi connectivity index (χ4v) is 3.65. The smallest absolute Gasteiger partial charge is 0.337 e. The Morgan fingerprint density at radius 2 is 1.77 bits per heavy atom. The van der Waals surface area contributed by atoms with Gasteiger partial charge in [-0.15, -0.1) is 5.10 Å². The number of carbonyl (C=O) groups is 1. The monoisotopic (exact) mass is 350 g/mol. The van der Waals surface area contributed by atoms with Crippen molar-refractivity contribution in [3.63, 3.8) is 0 Å². The summed E-state index contributed by atoms with van der Waals surface area (Å²) in [5, 5.41) is 8.79. The van der Waals surface area contributed by atoms with E-state index in [0.29, 0.717) is 5.56 Å². The molecule has 1 aliphatic heterocycles. The fraction of sp³-hybridized carbons (Fsp3) is 0.350. The number of fused-ring (bicyclic) bond motifs is 1. The number of para-hydroxylation sites is 1. The quantitative estimate of drug-likeness (QED) is 0.676. The highest BCUT2D eigenvalue weighted by Gasteiger charge is 2.26. The Balaban J connectivity index is 1.77. The van der Waals surface area contributed by atoms with Gasteiger partial charge in [0.05, 0.1) is 18.2 Å². The second kappa shape index (κ2) is 7.25. The predicted octanol–water partition coefficient (Wildman–Crippen LogP) is 3.25. The zero-order valence-electron chi connectivity index (χ0n) is 14.8. The molecule has 1 aliphatic rings. The van der Waals surface area contributed by atoms with Gasteiger partial charge < -0.3 is 4.74 Å². The number of rotatable bonds is 4. The Bertz CT molecular complexity index is 898. The third kappa shape index (κ3) is 3.08. The summed E-state index contributed by atoms with van der Waals surface area (Å²) in [6.07, 6.45) is 3.60. The Morgan fingerprint density at radius 3 is 2.50 bits per heavy atom. The number of carbonyl (C=O) groups excluding carboxylic acids is 1. The molecule has 6 nitrogen and oxygen atoms in total. The zero-order valence-corrected chi connectivity index (χ0v) is 14.8. The van der Waals surface area contributed by atoms with E-state index in [4.69, 9.17) is 4.74 Å². The zero-order chi connectivity index (χ0) is 17.9. The number of hydrogen-bond acceptors (Lipinski definition) is 5. The maximum Gasteiger partial charge on any atom is 0.337 e. The van der Waals surface area contributed by atoms with Crippen molar-refractivity contribution in [3.8, 4) is 0 Å². The summed E-state index contributed by atoms with van der Waals surface area (Å²) in [5.74, 6) is -0.322. The first kappa shape index (κ1) is 16.7. The molecule has 3 aromatic rings. The molecular weight excluding hydrogens is 328 g/mol. The number of methoxy groups -OCH3 is 1. The molecule has 6 heteroatoms. The van der Waals surface area contributed by atoms with Crippen molar-refractivity contribution in [3.05, 3.63) is 59.7 Å². The minimum atomic E-state index is -0.322. The number of aromatic nitrogens is 3. The second-order valence-corrected chi connectivity index (χ2v) is 6.61. The van der Waals surface area contributed by atoms with Gasteiger partial charge in [-0.3, -0.25) is 4.90 Å². The molecule has 0 amide bonds. The van der Waals surface area contributed by atoms with Crippen molar-refractivity contribution in [2.75, 3.05) is 20.2 Å². The van der Waals surface area contributed by atoms with Crippen LogP contribution in [0.3, 0.4) is 0 Å². The summed E-state index contributed by atoms with van der Waals surface area (Å²) in [6.45, 7) is 2.05. The topological polar surface area (TPSA) is 60.2 Å². The maximum atomic E-state index is 11.7. The average molecular weight is 350 g/mol. The van der Waals surface area contributed by atoms with E-state index in [1.165, 1.54) is 26.4 Å². The van der Waals surface area contributed by atoms with Gasteiger partial charge in [0.2, 0.25) is 0 Å². The number of ether oxygens (including phenoxy) is 1. The molecule has 1 unspecified atom stereocenters. The maximum absolute atomic E-state index is 11.7. The first-order valence-corrected chi connectivity index (χ1v) is 9.00. The Hall–Kier alpha value is -2.73. The van der Waals surface area contributed by atoms with Gasteiger partial charge in [0.1, 0.15) is 11.7 Å². The van der Waals surface area contributed by atoms with Gasteiger partial charge in [0.15, 0.2) is 0 Å². The SMILES string of the molecule is COC(=O)c1ccc(C(N2CCCCC2)n2nnc3ccccc32)cc1. The summed E-state index contributed by atoms with van der Waals surface area (Å²) in [6, 6.07) is 15.6. The lowest BCUT2D eigenvalue weighted by Gasteiger charge is -2.34. The van der Waals surface area contributed by atoms with Crippen LogP contribution in [-0.2, 0) is 4.74 Å². The molecule has 1 saturated heterocycles. The van der Waals surface area contributed by atoms with E-state index in [0.717, 1.165) is 29.7 Å².